The minimum Gasteiger partial charge on any atom is -0.495 e. The van der Waals surface area contributed by atoms with Crippen LogP contribution in [0.3, 0.4) is 0 Å². The van der Waals surface area contributed by atoms with Gasteiger partial charge in [-0.3, -0.25) is 14.7 Å². The molecule has 1 aromatic heterocycles. The number of anilines is 2. The number of carbonyl (C=O) groups is 2. The highest BCUT2D eigenvalue weighted by Crippen LogP contribution is 2.28. The van der Waals surface area contributed by atoms with Crippen LogP contribution in [-0.4, -0.2) is 34.1 Å². The number of ether oxygens (including phenoxy) is 1. The second kappa shape index (κ2) is 5.83. The lowest BCUT2D eigenvalue weighted by Crippen LogP contribution is -2.15. The first-order chi connectivity index (χ1) is 9.60. The maximum absolute atomic E-state index is 11.9. The molecule has 3 N–H and O–H groups in total. The second-order valence-electron chi connectivity index (χ2n) is 3.88. The first kappa shape index (κ1) is 13.5. The molecule has 0 radical (unpaired) electrons. The Kier molecular flexibility index (Phi) is 3.94. The fourth-order valence-electron chi connectivity index (χ4n) is 1.58. The van der Waals surface area contributed by atoms with Crippen molar-refractivity contribution in [2.24, 2.45) is 0 Å². The van der Waals surface area contributed by atoms with Crippen molar-refractivity contribution in [3.63, 3.8) is 0 Å². The zero-order valence-electron chi connectivity index (χ0n) is 10.9. The molecular weight excluding hydrogens is 262 g/mol. The molecule has 0 unspecified atom stereocenters. The Balaban J connectivity index is 2.24. The summed E-state index contributed by atoms with van der Waals surface area (Å²) in [7, 11) is 1.48. The summed E-state index contributed by atoms with van der Waals surface area (Å²) in [5.41, 5.74) is 0.964. The van der Waals surface area contributed by atoms with Crippen LogP contribution in [0.1, 0.15) is 17.5 Å². The molecule has 2 rings (SSSR count). The van der Waals surface area contributed by atoms with Gasteiger partial charge in [-0.05, 0) is 18.2 Å². The summed E-state index contributed by atoms with van der Waals surface area (Å²) in [6.07, 6.45) is 1.24. The van der Waals surface area contributed by atoms with Crippen molar-refractivity contribution in [2.75, 3.05) is 17.7 Å². The van der Waals surface area contributed by atoms with Crippen molar-refractivity contribution in [2.45, 2.75) is 6.92 Å². The summed E-state index contributed by atoms with van der Waals surface area (Å²) in [6, 6.07) is 4.90. The molecule has 0 saturated carbocycles. The number of nitrogens with one attached hydrogen (secondary N) is 3. The number of H-pyrrole nitrogens is 1. The molecule has 104 valence electrons. The Labute approximate surface area is 114 Å². The third-order valence-electron chi connectivity index (χ3n) is 2.40. The molecule has 0 spiro atoms. The van der Waals surface area contributed by atoms with Gasteiger partial charge in [0.2, 0.25) is 11.7 Å². The van der Waals surface area contributed by atoms with Gasteiger partial charge in [0, 0.05) is 12.6 Å². The van der Waals surface area contributed by atoms with E-state index in [0.29, 0.717) is 17.1 Å². The number of methoxy groups -OCH3 is 1. The molecule has 0 fully saturated rings. The third kappa shape index (κ3) is 3.10. The smallest absolute Gasteiger partial charge is 0.293 e. The van der Waals surface area contributed by atoms with E-state index >= 15 is 0 Å². The predicted molar refractivity (Wildman–Crippen MR) is 71.6 cm³/mol. The molecule has 0 bridgehead atoms. The fourth-order valence-corrected chi connectivity index (χ4v) is 1.58. The topological polar surface area (TPSA) is 109 Å². The van der Waals surface area contributed by atoms with E-state index in [2.05, 4.69) is 25.8 Å². The number of nitrogens with zero attached hydrogens (tertiary/aromatic N) is 2. The van der Waals surface area contributed by atoms with E-state index < -0.39 is 5.91 Å². The molecule has 1 aromatic carbocycles. The van der Waals surface area contributed by atoms with Crippen LogP contribution >= 0.6 is 0 Å². The average molecular weight is 275 g/mol. The molecule has 0 aliphatic carbocycles. The van der Waals surface area contributed by atoms with E-state index in [0.717, 1.165) is 0 Å². The van der Waals surface area contributed by atoms with Crippen LogP contribution < -0.4 is 15.4 Å². The molecule has 0 atom stereocenters. The zero-order chi connectivity index (χ0) is 14.5. The van der Waals surface area contributed by atoms with Gasteiger partial charge in [-0.25, -0.2) is 4.98 Å². The van der Waals surface area contributed by atoms with Crippen LogP contribution in [-0.2, 0) is 4.79 Å². The lowest BCUT2D eigenvalue weighted by Gasteiger charge is -2.11. The highest BCUT2D eigenvalue weighted by molar-refractivity contribution is 6.03. The highest BCUT2D eigenvalue weighted by atomic mass is 16.5. The Morgan fingerprint density at radius 3 is 2.70 bits per heavy atom. The SMILES string of the molecule is COc1ccc(NC(C)=O)cc1NC(=O)c1ncn[nH]1. The van der Waals surface area contributed by atoms with Crippen LogP contribution in [0.2, 0.25) is 0 Å². The number of amides is 2. The van der Waals surface area contributed by atoms with Crippen molar-refractivity contribution >= 4 is 23.2 Å². The molecular formula is C12H13N5O3. The van der Waals surface area contributed by atoms with Crippen LogP contribution in [0.5, 0.6) is 5.75 Å². The van der Waals surface area contributed by atoms with Crippen LogP contribution in [0, 0.1) is 0 Å². The summed E-state index contributed by atoms with van der Waals surface area (Å²) < 4.78 is 5.15. The first-order valence-electron chi connectivity index (χ1n) is 5.72. The van der Waals surface area contributed by atoms with Gasteiger partial charge in [0.15, 0.2) is 0 Å². The highest BCUT2D eigenvalue weighted by Gasteiger charge is 2.13. The Hall–Kier alpha value is -2.90. The number of hydrogen-bond acceptors (Lipinski definition) is 5. The molecule has 1 heterocycles. The van der Waals surface area contributed by atoms with Gasteiger partial charge in [-0.1, -0.05) is 0 Å². The van der Waals surface area contributed by atoms with Gasteiger partial charge in [0.1, 0.15) is 12.1 Å². The van der Waals surface area contributed by atoms with Crippen LogP contribution in [0.4, 0.5) is 11.4 Å². The molecule has 20 heavy (non-hydrogen) atoms. The lowest BCUT2D eigenvalue weighted by atomic mass is 10.2. The molecule has 0 aliphatic heterocycles. The largest absolute Gasteiger partial charge is 0.495 e. The molecule has 8 nitrogen and oxygen atoms in total. The molecule has 8 heteroatoms. The standard InChI is InChI=1S/C12H13N5O3/c1-7(18)15-8-3-4-10(20-2)9(5-8)16-12(19)11-13-6-14-17-11/h3-6H,1-2H3,(H,15,18)(H,16,19)(H,13,14,17). The maximum atomic E-state index is 11.9. The van der Waals surface area contributed by atoms with E-state index in [9.17, 15) is 9.59 Å². The Morgan fingerprint density at radius 2 is 2.10 bits per heavy atom. The minimum atomic E-state index is -0.458. The number of rotatable bonds is 4. The summed E-state index contributed by atoms with van der Waals surface area (Å²) in [5.74, 6) is -0.118. The van der Waals surface area contributed by atoms with Gasteiger partial charge in [0.25, 0.3) is 5.91 Å². The summed E-state index contributed by atoms with van der Waals surface area (Å²) >= 11 is 0. The molecule has 0 aliphatic rings. The average Bonchev–Trinajstić information content (AvgIpc) is 2.92. The molecule has 0 saturated heterocycles. The second-order valence-corrected chi connectivity index (χ2v) is 3.88. The van der Waals surface area contributed by atoms with E-state index in [1.807, 2.05) is 0 Å². The quantitative estimate of drug-likeness (QED) is 0.772. The number of benzene rings is 1. The van der Waals surface area contributed by atoms with Crippen molar-refractivity contribution < 1.29 is 14.3 Å². The zero-order valence-corrected chi connectivity index (χ0v) is 10.9. The van der Waals surface area contributed by atoms with Crippen molar-refractivity contribution in [1.29, 1.82) is 0 Å². The van der Waals surface area contributed by atoms with E-state index in [1.165, 1.54) is 20.4 Å². The van der Waals surface area contributed by atoms with Gasteiger partial charge < -0.3 is 15.4 Å². The molecule has 2 amide bonds. The van der Waals surface area contributed by atoms with E-state index in [1.54, 1.807) is 18.2 Å². The van der Waals surface area contributed by atoms with Crippen LogP contribution in [0.15, 0.2) is 24.5 Å². The van der Waals surface area contributed by atoms with Gasteiger partial charge in [-0.15, -0.1) is 0 Å². The third-order valence-corrected chi connectivity index (χ3v) is 2.40. The van der Waals surface area contributed by atoms with E-state index in [4.69, 9.17) is 4.74 Å². The Bertz CT molecular complexity index is 624. The first-order valence-corrected chi connectivity index (χ1v) is 5.72. The van der Waals surface area contributed by atoms with E-state index in [-0.39, 0.29) is 11.7 Å². The number of aromatic nitrogens is 3. The van der Waals surface area contributed by atoms with Crippen molar-refractivity contribution in [3.05, 3.63) is 30.4 Å². The van der Waals surface area contributed by atoms with Crippen molar-refractivity contribution in [3.8, 4) is 5.75 Å². The van der Waals surface area contributed by atoms with Crippen molar-refractivity contribution in [1.82, 2.24) is 15.2 Å². The Morgan fingerprint density at radius 1 is 1.30 bits per heavy atom. The van der Waals surface area contributed by atoms with Gasteiger partial charge in [0.05, 0.1) is 12.8 Å². The summed E-state index contributed by atoms with van der Waals surface area (Å²) in [5, 5.41) is 11.3. The lowest BCUT2D eigenvalue weighted by molar-refractivity contribution is -0.114. The number of aromatic amines is 1. The summed E-state index contributed by atoms with van der Waals surface area (Å²) in [6.45, 7) is 1.40. The van der Waals surface area contributed by atoms with Gasteiger partial charge >= 0.3 is 0 Å². The normalized spacial score (nSPS) is 9.90. The summed E-state index contributed by atoms with van der Waals surface area (Å²) in [4.78, 5) is 26.7. The number of carbonyl (C=O) groups excluding carboxylic acids is 2. The fraction of sp³-hybridized carbons (Fsp3) is 0.167. The predicted octanol–water partition coefficient (Wildman–Crippen LogP) is 1.02. The maximum Gasteiger partial charge on any atom is 0.293 e. The monoisotopic (exact) mass is 275 g/mol. The van der Waals surface area contributed by atoms with Crippen LogP contribution in [0.25, 0.3) is 0 Å². The molecule has 2 aromatic rings. The number of hydrogen-bond donors (Lipinski definition) is 3. The van der Waals surface area contributed by atoms with Gasteiger partial charge in [-0.2, -0.15) is 5.10 Å². The minimum absolute atomic E-state index is 0.0805.